The van der Waals surface area contributed by atoms with Gasteiger partial charge in [-0.15, -0.1) is 0 Å². The predicted octanol–water partition coefficient (Wildman–Crippen LogP) is 3.06. The van der Waals surface area contributed by atoms with Crippen molar-refractivity contribution in [1.82, 2.24) is 4.98 Å². The van der Waals surface area contributed by atoms with E-state index < -0.39 is 0 Å². The average Bonchev–Trinajstić information content (AvgIpc) is 2.82. The lowest BCUT2D eigenvalue weighted by atomic mass is 10.1. The van der Waals surface area contributed by atoms with Crippen molar-refractivity contribution >= 4 is 33.6 Å². The number of rotatable bonds is 6. The standard InChI is InChI=1S/C15H20N4OS/c1-3-4-7-18-15-19-9(2)14(21-15)13(20)10-5-6-11(16)12(17)8-10/h5-6,8H,3-4,7,16-17H2,1-2H3,(H,18,19). The zero-order valence-electron chi connectivity index (χ0n) is 12.3. The zero-order valence-corrected chi connectivity index (χ0v) is 13.1. The van der Waals surface area contributed by atoms with Gasteiger partial charge in [0, 0.05) is 12.1 Å². The number of carbonyl (C=O) groups is 1. The molecule has 0 bridgehead atoms. The summed E-state index contributed by atoms with van der Waals surface area (Å²) in [5.41, 5.74) is 13.6. The number of aryl methyl sites for hydroxylation is 1. The summed E-state index contributed by atoms with van der Waals surface area (Å²) in [5, 5.41) is 4.03. The molecular weight excluding hydrogens is 284 g/mol. The van der Waals surface area contributed by atoms with Gasteiger partial charge < -0.3 is 16.8 Å². The van der Waals surface area contributed by atoms with Crippen LogP contribution in [0.4, 0.5) is 16.5 Å². The Morgan fingerprint density at radius 3 is 2.76 bits per heavy atom. The molecule has 5 N–H and O–H groups in total. The number of ketones is 1. The minimum atomic E-state index is -0.0692. The molecule has 0 unspecified atom stereocenters. The molecule has 2 rings (SSSR count). The quantitative estimate of drug-likeness (QED) is 0.433. The van der Waals surface area contributed by atoms with Gasteiger partial charge >= 0.3 is 0 Å². The van der Waals surface area contributed by atoms with Crippen molar-refractivity contribution in [3.05, 3.63) is 34.3 Å². The lowest BCUT2D eigenvalue weighted by Crippen LogP contribution is -2.03. The third-order valence-electron chi connectivity index (χ3n) is 3.16. The summed E-state index contributed by atoms with van der Waals surface area (Å²) in [6.07, 6.45) is 2.20. The maximum atomic E-state index is 12.5. The van der Waals surface area contributed by atoms with Crippen molar-refractivity contribution in [2.45, 2.75) is 26.7 Å². The molecule has 0 amide bonds. The van der Waals surface area contributed by atoms with Crippen LogP contribution in [-0.2, 0) is 0 Å². The highest BCUT2D eigenvalue weighted by Gasteiger charge is 2.17. The molecule has 5 nitrogen and oxygen atoms in total. The van der Waals surface area contributed by atoms with Gasteiger partial charge in [0.05, 0.1) is 21.9 Å². The van der Waals surface area contributed by atoms with Crippen LogP contribution in [0.25, 0.3) is 0 Å². The first-order valence-electron chi connectivity index (χ1n) is 6.94. The molecule has 0 saturated carbocycles. The molecule has 112 valence electrons. The number of carbonyl (C=O) groups excluding carboxylic acids is 1. The number of thiazole rings is 1. The van der Waals surface area contributed by atoms with Crippen LogP contribution in [0, 0.1) is 6.92 Å². The zero-order chi connectivity index (χ0) is 15.4. The monoisotopic (exact) mass is 304 g/mol. The van der Waals surface area contributed by atoms with Crippen LogP contribution in [0.15, 0.2) is 18.2 Å². The van der Waals surface area contributed by atoms with E-state index in [0.29, 0.717) is 21.8 Å². The fourth-order valence-corrected chi connectivity index (χ4v) is 2.86. The number of benzene rings is 1. The largest absolute Gasteiger partial charge is 0.397 e. The van der Waals surface area contributed by atoms with Gasteiger partial charge in [0.25, 0.3) is 0 Å². The normalized spacial score (nSPS) is 10.6. The van der Waals surface area contributed by atoms with E-state index in [0.717, 1.165) is 30.2 Å². The molecule has 0 spiro atoms. The van der Waals surface area contributed by atoms with Crippen molar-refractivity contribution in [2.24, 2.45) is 0 Å². The van der Waals surface area contributed by atoms with Crippen LogP contribution in [0.5, 0.6) is 0 Å². The van der Waals surface area contributed by atoms with Gasteiger partial charge in [-0.3, -0.25) is 4.79 Å². The molecule has 1 heterocycles. The first-order chi connectivity index (χ1) is 10.0. The van der Waals surface area contributed by atoms with E-state index in [-0.39, 0.29) is 5.78 Å². The number of anilines is 3. The molecule has 0 aliphatic carbocycles. The van der Waals surface area contributed by atoms with Gasteiger partial charge in [0.15, 0.2) is 5.13 Å². The Hall–Kier alpha value is -2.08. The number of nitrogen functional groups attached to an aromatic ring is 2. The van der Waals surface area contributed by atoms with Crippen molar-refractivity contribution in [3.63, 3.8) is 0 Å². The van der Waals surface area contributed by atoms with Gasteiger partial charge in [0.2, 0.25) is 5.78 Å². The maximum Gasteiger partial charge on any atom is 0.205 e. The number of hydrogen-bond acceptors (Lipinski definition) is 6. The van der Waals surface area contributed by atoms with Crippen LogP contribution in [0.2, 0.25) is 0 Å². The molecule has 1 aromatic carbocycles. The second kappa shape index (κ2) is 6.58. The van der Waals surface area contributed by atoms with Crippen LogP contribution in [0.1, 0.15) is 40.7 Å². The Balaban J connectivity index is 2.20. The summed E-state index contributed by atoms with van der Waals surface area (Å²) < 4.78 is 0. The first kappa shape index (κ1) is 15.3. The van der Waals surface area contributed by atoms with Gasteiger partial charge in [-0.05, 0) is 31.5 Å². The summed E-state index contributed by atoms with van der Waals surface area (Å²) in [5.74, 6) is -0.0692. The molecule has 0 radical (unpaired) electrons. The Morgan fingerprint density at radius 2 is 2.10 bits per heavy atom. The summed E-state index contributed by atoms with van der Waals surface area (Å²) >= 11 is 1.38. The lowest BCUT2D eigenvalue weighted by molar-refractivity contribution is 0.104. The highest BCUT2D eigenvalue weighted by Crippen LogP contribution is 2.26. The number of nitrogens with zero attached hydrogens (tertiary/aromatic N) is 1. The van der Waals surface area contributed by atoms with E-state index in [1.54, 1.807) is 18.2 Å². The highest BCUT2D eigenvalue weighted by atomic mass is 32.1. The molecule has 21 heavy (non-hydrogen) atoms. The average molecular weight is 304 g/mol. The molecular formula is C15H20N4OS. The number of aromatic nitrogens is 1. The molecule has 2 aromatic rings. The van der Waals surface area contributed by atoms with Crippen LogP contribution >= 0.6 is 11.3 Å². The Morgan fingerprint density at radius 1 is 1.33 bits per heavy atom. The molecule has 0 fully saturated rings. The SMILES string of the molecule is CCCCNc1nc(C)c(C(=O)c2ccc(N)c(N)c2)s1. The molecule has 0 aliphatic heterocycles. The third kappa shape index (κ3) is 3.52. The van der Waals surface area contributed by atoms with E-state index in [9.17, 15) is 4.79 Å². The van der Waals surface area contributed by atoms with Crippen molar-refractivity contribution in [1.29, 1.82) is 0 Å². The minimum Gasteiger partial charge on any atom is -0.397 e. The number of nitrogens with two attached hydrogens (primary N) is 2. The fraction of sp³-hybridized carbons (Fsp3) is 0.333. The Bertz CT molecular complexity index is 651. The molecule has 0 aliphatic rings. The van der Waals surface area contributed by atoms with Crippen LogP contribution < -0.4 is 16.8 Å². The highest BCUT2D eigenvalue weighted by molar-refractivity contribution is 7.17. The van der Waals surface area contributed by atoms with Gasteiger partial charge in [-0.2, -0.15) is 0 Å². The van der Waals surface area contributed by atoms with E-state index in [2.05, 4.69) is 17.2 Å². The van der Waals surface area contributed by atoms with Crippen molar-refractivity contribution in [2.75, 3.05) is 23.3 Å². The fourth-order valence-electron chi connectivity index (χ4n) is 1.90. The van der Waals surface area contributed by atoms with E-state index in [1.165, 1.54) is 11.3 Å². The number of nitrogens with one attached hydrogen (secondary N) is 1. The summed E-state index contributed by atoms with van der Waals surface area (Å²) in [7, 11) is 0. The van der Waals surface area contributed by atoms with Crippen molar-refractivity contribution in [3.8, 4) is 0 Å². The van der Waals surface area contributed by atoms with Gasteiger partial charge in [-0.25, -0.2) is 4.98 Å². The smallest absolute Gasteiger partial charge is 0.205 e. The number of unbranched alkanes of at least 4 members (excludes halogenated alkanes) is 1. The Labute approximate surface area is 128 Å². The second-order valence-corrected chi connectivity index (χ2v) is 5.89. The van der Waals surface area contributed by atoms with Crippen LogP contribution in [0.3, 0.4) is 0 Å². The summed E-state index contributed by atoms with van der Waals surface area (Å²) in [4.78, 5) is 17.6. The first-order valence-corrected chi connectivity index (χ1v) is 7.75. The van der Waals surface area contributed by atoms with Crippen LogP contribution in [-0.4, -0.2) is 17.3 Å². The van der Waals surface area contributed by atoms with E-state index in [1.807, 2.05) is 6.92 Å². The molecule has 6 heteroatoms. The predicted molar refractivity (Wildman–Crippen MR) is 88.9 cm³/mol. The molecule has 0 atom stereocenters. The minimum absolute atomic E-state index is 0.0692. The van der Waals surface area contributed by atoms with Gasteiger partial charge in [-0.1, -0.05) is 24.7 Å². The van der Waals surface area contributed by atoms with E-state index in [4.69, 9.17) is 11.5 Å². The number of hydrogen-bond donors (Lipinski definition) is 3. The summed E-state index contributed by atoms with van der Waals surface area (Å²) in [6, 6.07) is 4.96. The molecule has 0 saturated heterocycles. The van der Waals surface area contributed by atoms with E-state index >= 15 is 0 Å². The summed E-state index contributed by atoms with van der Waals surface area (Å²) in [6.45, 7) is 4.84. The third-order valence-corrected chi connectivity index (χ3v) is 4.27. The second-order valence-electron chi connectivity index (χ2n) is 4.89. The Kier molecular flexibility index (Phi) is 4.80. The molecule has 1 aromatic heterocycles. The van der Waals surface area contributed by atoms with Crippen molar-refractivity contribution < 1.29 is 4.79 Å². The lowest BCUT2D eigenvalue weighted by Gasteiger charge is -2.03. The maximum absolute atomic E-state index is 12.5. The van der Waals surface area contributed by atoms with Gasteiger partial charge in [0.1, 0.15) is 0 Å². The topological polar surface area (TPSA) is 94.0 Å².